The third-order valence-electron chi connectivity index (χ3n) is 4.84. The molecule has 9 heteroatoms. The van der Waals surface area contributed by atoms with Crippen molar-refractivity contribution < 1.29 is 23.1 Å². The molecule has 2 saturated heterocycles. The van der Waals surface area contributed by atoms with Crippen LogP contribution in [0.1, 0.15) is 30.4 Å². The summed E-state index contributed by atoms with van der Waals surface area (Å²) in [5, 5.41) is 9.04. The van der Waals surface area contributed by atoms with Crippen molar-refractivity contribution in [1.82, 2.24) is 0 Å². The molecule has 0 aliphatic carbocycles. The highest BCUT2D eigenvalue weighted by molar-refractivity contribution is 8.16. The first-order chi connectivity index (χ1) is 12.7. The van der Waals surface area contributed by atoms with Crippen molar-refractivity contribution in [3.05, 3.63) is 29.3 Å². The molecular formula is C18H22N2O5S2. The Morgan fingerprint density at radius 3 is 2.63 bits per heavy atom. The molecule has 0 radical (unpaired) electrons. The Bertz CT molecular complexity index is 910. The van der Waals surface area contributed by atoms with E-state index in [4.69, 9.17) is 5.11 Å². The molecule has 0 bridgehead atoms. The van der Waals surface area contributed by atoms with Gasteiger partial charge >= 0.3 is 5.97 Å². The number of rotatable bonds is 5. The average molecular weight is 411 g/mol. The van der Waals surface area contributed by atoms with Crippen LogP contribution < -0.4 is 4.90 Å². The van der Waals surface area contributed by atoms with Gasteiger partial charge in [0.25, 0.3) is 0 Å². The number of carbonyl (C=O) groups excluding carboxylic acids is 1. The van der Waals surface area contributed by atoms with Crippen LogP contribution in [0.15, 0.2) is 23.2 Å². The first-order valence-electron chi connectivity index (χ1n) is 8.73. The van der Waals surface area contributed by atoms with Crippen LogP contribution in [0.5, 0.6) is 0 Å². The van der Waals surface area contributed by atoms with Crippen molar-refractivity contribution in [2.45, 2.75) is 44.4 Å². The average Bonchev–Trinajstić information content (AvgIpc) is 3.00. The molecule has 1 aromatic carbocycles. The van der Waals surface area contributed by atoms with Gasteiger partial charge in [0.05, 0.1) is 17.5 Å². The number of thioether (sulfide) groups is 1. The summed E-state index contributed by atoms with van der Waals surface area (Å²) >= 11 is 1.32. The molecule has 0 unspecified atom stereocenters. The largest absolute Gasteiger partial charge is 0.481 e. The third-order valence-corrected chi connectivity index (χ3v) is 8.05. The van der Waals surface area contributed by atoms with Gasteiger partial charge in [0.15, 0.2) is 15.0 Å². The smallest absolute Gasteiger partial charge is 0.303 e. The van der Waals surface area contributed by atoms with Gasteiger partial charge in [-0.1, -0.05) is 17.8 Å². The summed E-state index contributed by atoms with van der Waals surface area (Å²) in [6, 6.07) is 5.62. The molecule has 2 fully saturated rings. The van der Waals surface area contributed by atoms with Crippen LogP contribution in [0, 0.1) is 13.8 Å². The highest BCUT2D eigenvalue weighted by Crippen LogP contribution is 2.41. The second-order valence-electron chi connectivity index (χ2n) is 6.97. The summed E-state index contributed by atoms with van der Waals surface area (Å²) in [4.78, 5) is 28.8. The second-order valence-corrected chi connectivity index (χ2v) is 10.3. The molecule has 2 aliphatic rings. The number of aliphatic imine (C=N–C) groups is 1. The molecule has 146 valence electrons. The zero-order valence-corrected chi connectivity index (χ0v) is 16.8. The van der Waals surface area contributed by atoms with Gasteiger partial charge in [-0.05, 0) is 43.5 Å². The molecular weight excluding hydrogens is 388 g/mol. The first-order valence-corrected chi connectivity index (χ1v) is 11.4. The number of amidine groups is 1. The maximum absolute atomic E-state index is 12.2. The number of nitrogens with zero attached hydrogens (tertiary/aromatic N) is 2. The molecule has 1 amide bonds. The highest BCUT2D eigenvalue weighted by Gasteiger charge is 2.49. The van der Waals surface area contributed by atoms with Crippen molar-refractivity contribution in [2.75, 3.05) is 16.4 Å². The highest BCUT2D eigenvalue weighted by atomic mass is 32.2. The van der Waals surface area contributed by atoms with E-state index in [2.05, 4.69) is 4.99 Å². The minimum atomic E-state index is -3.11. The van der Waals surface area contributed by atoms with Gasteiger partial charge in [-0.25, -0.2) is 8.42 Å². The third kappa shape index (κ3) is 4.52. The number of amides is 1. The van der Waals surface area contributed by atoms with E-state index in [0.29, 0.717) is 5.17 Å². The lowest BCUT2D eigenvalue weighted by atomic mass is 10.1. The van der Waals surface area contributed by atoms with E-state index in [9.17, 15) is 18.0 Å². The van der Waals surface area contributed by atoms with Crippen LogP contribution in [-0.2, 0) is 19.4 Å². The molecule has 0 saturated carbocycles. The van der Waals surface area contributed by atoms with Gasteiger partial charge in [0.1, 0.15) is 0 Å². The predicted octanol–water partition coefficient (Wildman–Crippen LogP) is 2.16. The van der Waals surface area contributed by atoms with E-state index in [1.807, 2.05) is 36.9 Å². The first kappa shape index (κ1) is 19.9. The summed E-state index contributed by atoms with van der Waals surface area (Å²) in [5.74, 6) is -1.20. The number of carbonyl (C=O) groups is 2. The Morgan fingerprint density at radius 1 is 1.22 bits per heavy atom. The molecule has 3 rings (SSSR count). The zero-order valence-electron chi connectivity index (χ0n) is 15.2. The summed E-state index contributed by atoms with van der Waals surface area (Å²) in [7, 11) is -3.11. The number of anilines is 1. The van der Waals surface area contributed by atoms with Gasteiger partial charge in [-0.2, -0.15) is 4.99 Å². The minimum Gasteiger partial charge on any atom is -0.481 e. The Labute approximate surface area is 162 Å². The summed E-state index contributed by atoms with van der Waals surface area (Å²) in [6.07, 6.45) is 0.222. The Hall–Kier alpha value is -1.87. The number of hydrogen-bond acceptors (Lipinski definition) is 5. The van der Waals surface area contributed by atoms with E-state index in [1.165, 1.54) is 11.8 Å². The standard InChI is InChI=1S/C18H22N2O5S2/c1-11-6-7-13(8-12(11)2)20-14-9-27(24,25)10-15(14)26-18(20)19-16(21)4-3-5-17(22)23/h6-8,14-15H,3-5,9-10H2,1-2H3,(H,22,23)/t14-,15+/m0/s1. The van der Waals surface area contributed by atoms with E-state index in [-0.39, 0.29) is 48.0 Å². The minimum absolute atomic E-state index is 0.0455. The molecule has 7 nitrogen and oxygen atoms in total. The molecule has 27 heavy (non-hydrogen) atoms. The molecule has 2 aliphatic heterocycles. The van der Waals surface area contributed by atoms with E-state index >= 15 is 0 Å². The van der Waals surface area contributed by atoms with Crippen LogP contribution in [0.2, 0.25) is 0 Å². The lowest BCUT2D eigenvalue weighted by Crippen LogP contribution is -2.37. The molecule has 1 N–H and O–H groups in total. The summed E-state index contributed by atoms with van der Waals surface area (Å²) in [6.45, 7) is 3.99. The molecule has 2 heterocycles. The van der Waals surface area contributed by atoms with E-state index in [0.717, 1.165) is 16.8 Å². The molecule has 1 aromatic rings. The maximum atomic E-state index is 12.2. The van der Waals surface area contributed by atoms with Crippen LogP contribution >= 0.6 is 11.8 Å². The fourth-order valence-corrected chi connectivity index (χ4v) is 7.23. The monoisotopic (exact) mass is 410 g/mol. The van der Waals surface area contributed by atoms with Crippen LogP contribution in [0.4, 0.5) is 5.69 Å². The molecule has 0 spiro atoms. The number of carboxylic acid groups (broad SMARTS) is 1. The van der Waals surface area contributed by atoms with Crippen molar-refractivity contribution in [3.63, 3.8) is 0 Å². The number of aliphatic carboxylic acids is 1. The number of hydrogen-bond donors (Lipinski definition) is 1. The topological polar surface area (TPSA) is 104 Å². The normalized spacial score (nSPS) is 25.0. The number of fused-ring (bicyclic) bond motifs is 1. The van der Waals surface area contributed by atoms with Gasteiger partial charge < -0.3 is 10.0 Å². The Morgan fingerprint density at radius 2 is 1.96 bits per heavy atom. The van der Waals surface area contributed by atoms with E-state index < -0.39 is 15.8 Å². The maximum Gasteiger partial charge on any atom is 0.303 e. The van der Waals surface area contributed by atoms with Gasteiger partial charge in [0, 0.05) is 23.8 Å². The summed E-state index contributed by atoms with van der Waals surface area (Å²) in [5.41, 5.74) is 3.03. The van der Waals surface area contributed by atoms with Crippen LogP contribution in [0.25, 0.3) is 0 Å². The zero-order chi connectivity index (χ0) is 19.8. The number of carboxylic acids is 1. The van der Waals surface area contributed by atoms with E-state index in [1.54, 1.807) is 0 Å². The van der Waals surface area contributed by atoms with Crippen molar-refractivity contribution in [2.24, 2.45) is 4.99 Å². The molecule has 2 atom stereocenters. The summed E-state index contributed by atoms with van der Waals surface area (Å²) < 4.78 is 24.1. The van der Waals surface area contributed by atoms with Gasteiger partial charge in [-0.15, -0.1) is 0 Å². The van der Waals surface area contributed by atoms with Crippen LogP contribution in [0.3, 0.4) is 0 Å². The number of benzene rings is 1. The second kappa shape index (κ2) is 7.63. The van der Waals surface area contributed by atoms with Crippen LogP contribution in [-0.4, -0.2) is 53.4 Å². The molecule has 0 aromatic heterocycles. The Balaban J connectivity index is 1.88. The van der Waals surface area contributed by atoms with Gasteiger partial charge in [0.2, 0.25) is 5.91 Å². The SMILES string of the molecule is Cc1ccc(N2C(=NC(=O)CCCC(=O)O)S[C@@H]3CS(=O)(=O)C[C@@H]32)cc1C. The fourth-order valence-electron chi connectivity index (χ4n) is 3.30. The lowest BCUT2D eigenvalue weighted by molar-refractivity contribution is -0.137. The Kier molecular flexibility index (Phi) is 5.62. The van der Waals surface area contributed by atoms with Crippen molar-refractivity contribution in [3.8, 4) is 0 Å². The number of aryl methyl sites for hydroxylation is 2. The fraction of sp³-hybridized carbons (Fsp3) is 0.500. The van der Waals surface area contributed by atoms with Gasteiger partial charge in [-0.3, -0.25) is 9.59 Å². The predicted molar refractivity (Wildman–Crippen MR) is 106 cm³/mol. The number of sulfone groups is 1. The quantitative estimate of drug-likeness (QED) is 0.793. The van der Waals surface area contributed by atoms with Crippen molar-refractivity contribution in [1.29, 1.82) is 0 Å². The lowest BCUT2D eigenvalue weighted by Gasteiger charge is -2.25. The van der Waals surface area contributed by atoms with Crippen molar-refractivity contribution >= 4 is 44.3 Å².